The molecule has 0 saturated carbocycles. The second-order valence-electron chi connectivity index (χ2n) is 4.45. The fraction of sp³-hybridized carbons (Fsp3) is 0.333. The van der Waals surface area contributed by atoms with Crippen LogP contribution in [0, 0.1) is 10.1 Å². The van der Waals surface area contributed by atoms with Crippen LogP contribution in [0.2, 0.25) is 5.02 Å². The average Bonchev–Trinajstić information content (AvgIpc) is 2.83. The molecule has 1 N–H and O–H groups in total. The smallest absolute Gasteiger partial charge is 0.288 e. The molecule has 0 saturated heterocycles. The van der Waals surface area contributed by atoms with E-state index in [0.717, 1.165) is 11.4 Å². The van der Waals surface area contributed by atoms with E-state index in [1.165, 1.54) is 12.1 Å². The molecule has 1 aromatic heterocycles. The van der Waals surface area contributed by atoms with Crippen LogP contribution in [-0.2, 0) is 13.6 Å². The number of nitrogens with one attached hydrogen (secondary N) is 1. The number of aromatic nitrogens is 3. The normalized spacial score (nSPS) is 12.3. The summed E-state index contributed by atoms with van der Waals surface area (Å²) in [5, 5.41) is 22.0. The number of nitro groups is 1. The molecule has 106 valence electrons. The summed E-state index contributed by atoms with van der Waals surface area (Å²) in [6.07, 6.45) is 1.63. The van der Waals surface area contributed by atoms with Crippen molar-refractivity contribution >= 4 is 17.3 Å². The molecule has 2 aromatic rings. The van der Waals surface area contributed by atoms with Crippen LogP contribution < -0.4 is 5.32 Å². The molecule has 0 radical (unpaired) electrons. The summed E-state index contributed by atoms with van der Waals surface area (Å²) in [6, 6.07) is 4.74. The molecule has 7 nitrogen and oxygen atoms in total. The van der Waals surface area contributed by atoms with Gasteiger partial charge in [0, 0.05) is 19.7 Å². The van der Waals surface area contributed by atoms with Crippen molar-refractivity contribution in [1.29, 1.82) is 0 Å². The Bertz CT molecular complexity index is 628. The maximum atomic E-state index is 10.8. The summed E-state index contributed by atoms with van der Waals surface area (Å²) in [6.45, 7) is 2.43. The lowest BCUT2D eigenvalue weighted by atomic mass is 10.2. The van der Waals surface area contributed by atoms with E-state index < -0.39 is 4.92 Å². The molecule has 0 fully saturated rings. The maximum absolute atomic E-state index is 10.8. The molecule has 2 rings (SSSR count). The van der Waals surface area contributed by atoms with E-state index in [9.17, 15) is 10.1 Å². The van der Waals surface area contributed by atoms with Crippen molar-refractivity contribution in [2.75, 3.05) is 0 Å². The Morgan fingerprint density at radius 3 is 2.90 bits per heavy atom. The van der Waals surface area contributed by atoms with Gasteiger partial charge in [-0.25, -0.2) is 0 Å². The zero-order chi connectivity index (χ0) is 14.7. The van der Waals surface area contributed by atoms with Crippen LogP contribution in [0.25, 0.3) is 0 Å². The third-order valence-electron chi connectivity index (χ3n) is 2.95. The molecular formula is C12H14ClN5O2. The monoisotopic (exact) mass is 295 g/mol. The van der Waals surface area contributed by atoms with Crippen molar-refractivity contribution in [2.45, 2.75) is 19.5 Å². The van der Waals surface area contributed by atoms with Gasteiger partial charge < -0.3 is 9.88 Å². The third kappa shape index (κ3) is 3.12. The molecule has 8 heteroatoms. The van der Waals surface area contributed by atoms with E-state index in [1.807, 2.05) is 18.5 Å². The lowest BCUT2D eigenvalue weighted by molar-refractivity contribution is -0.384. The predicted octanol–water partition coefficient (Wildman–Crippen LogP) is 2.23. The van der Waals surface area contributed by atoms with Crippen LogP contribution in [0.15, 0.2) is 24.5 Å². The summed E-state index contributed by atoms with van der Waals surface area (Å²) in [4.78, 5) is 10.3. The molecule has 0 amide bonds. The van der Waals surface area contributed by atoms with Crippen molar-refractivity contribution in [2.24, 2.45) is 7.05 Å². The van der Waals surface area contributed by atoms with Crippen LogP contribution >= 0.6 is 11.6 Å². The van der Waals surface area contributed by atoms with E-state index >= 15 is 0 Å². The van der Waals surface area contributed by atoms with E-state index in [2.05, 4.69) is 15.5 Å². The van der Waals surface area contributed by atoms with Crippen LogP contribution in [0.1, 0.15) is 24.4 Å². The van der Waals surface area contributed by atoms with Gasteiger partial charge in [0.25, 0.3) is 5.69 Å². The van der Waals surface area contributed by atoms with E-state index in [4.69, 9.17) is 11.6 Å². The number of halogens is 1. The Labute approximate surface area is 120 Å². The van der Waals surface area contributed by atoms with Crippen LogP contribution in [0.3, 0.4) is 0 Å². The molecule has 1 aromatic carbocycles. The second-order valence-corrected chi connectivity index (χ2v) is 4.85. The fourth-order valence-corrected chi connectivity index (χ4v) is 2.04. The Morgan fingerprint density at radius 1 is 1.55 bits per heavy atom. The van der Waals surface area contributed by atoms with Crippen LogP contribution in [0.5, 0.6) is 0 Å². The predicted molar refractivity (Wildman–Crippen MR) is 74.4 cm³/mol. The van der Waals surface area contributed by atoms with Gasteiger partial charge in [0.15, 0.2) is 0 Å². The SMILES string of the molecule is CC(NCc1ccc(Cl)c([N+](=O)[O-])c1)c1nncn1C. The van der Waals surface area contributed by atoms with Crippen molar-refractivity contribution in [3.63, 3.8) is 0 Å². The molecule has 0 aliphatic carbocycles. The number of benzene rings is 1. The van der Waals surface area contributed by atoms with E-state index in [1.54, 1.807) is 12.4 Å². The van der Waals surface area contributed by atoms with E-state index in [-0.39, 0.29) is 16.8 Å². The first-order valence-corrected chi connectivity index (χ1v) is 6.37. The van der Waals surface area contributed by atoms with Crippen molar-refractivity contribution in [3.8, 4) is 0 Å². The molecule has 0 bridgehead atoms. The Morgan fingerprint density at radius 2 is 2.30 bits per heavy atom. The van der Waals surface area contributed by atoms with Crippen LogP contribution in [0.4, 0.5) is 5.69 Å². The quantitative estimate of drug-likeness (QED) is 0.675. The first kappa shape index (κ1) is 14.4. The molecule has 0 aliphatic heterocycles. The van der Waals surface area contributed by atoms with Crippen molar-refractivity contribution in [1.82, 2.24) is 20.1 Å². The van der Waals surface area contributed by atoms with Gasteiger partial charge in [-0.05, 0) is 18.6 Å². The van der Waals surface area contributed by atoms with Crippen LogP contribution in [-0.4, -0.2) is 19.7 Å². The topological polar surface area (TPSA) is 85.9 Å². The lowest BCUT2D eigenvalue weighted by Crippen LogP contribution is -2.21. The summed E-state index contributed by atoms with van der Waals surface area (Å²) in [7, 11) is 1.86. The summed E-state index contributed by atoms with van der Waals surface area (Å²) >= 11 is 5.77. The zero-order valence-corrected chi connectivity index (χ0v) is 11.8. The molecule has 0 spiro atoms. The Kier molecular flexibility index (Phi) is 4.31. The highest BCUT2D eigenvalue weighted by molar-refractivity contribution is 6.32. The van der Waals surface area contributed by atoms with Crippen molar-refractivity contribution in [3.05, 3.63) is 51.1 Å². The highest BCUT2D eigenvalue weighted by atomic mass is 35.5. The van der Waals surface area contributed by atoms with Gasteiger partial charge in [-0.3, -0.25) is 10.1 Å². The number of hydrogen-bond acceptors (Lipinski definition) is 5. The maximum Gasteiger partial charge on any atom is 0.288 e. The number of hydrogen-bond donors (Lipinski definition) is 1. The van der Waals surface area contributed by atoms with E-state index in [0.29, 0.717) is 6.54 Å². The van der Waals surface area contributed by atoms with Crippen molar-refractivity contribution < 1.29 is 4.92 Å². The number of rotatable bonds is 5. The van der Waals surface area contributed by atoms with Gasteiger partial charge in [0.2, 0.25) is 0 Å². The fourth-order valence-electron chi connectivity index (χ4n) is 1.85. The largest absolute Gasteiger partial charge is 0.319 e. The summed E-state index contributed by atoms with van der Waals surface area (Å²) in [5.41, 5.74) is 0.701. The minimum atomic E-state index is -0.488. The van der Waals surface area contributed by atoms with Gasteiger partial charge in [0.05, 0.1) is 11.0 Å². The second kappa shape index (κ2) is 5.98. The zero-order valence-electron chi connectivity index (χ0n) is 11.1. The first-order chi connectivity index (χ1) is 9.49. The van der Waals surface area contributed by atoms with Gasteiger partial charge in [-0.2, -0.15) is 0 Å². The lowest BCUT2D eigenvalue weighted by Gasteiger charge is -2.12. The molecule has 20 heavy (non-hydrogen) atoms. The molecule has 1 atom stereocenters. The standard InChI is InChI=1S/C12H14ClN5O2/c1-8(12-16-15-7-17(12)2)14-6-9-3-4-10(13)11(5-9)18(19)20/h3-5,7-8,14H,6H2,1-2H3. The Hall–Kier alpha value is -1.99. The highest BCUT2D eigenvalue weighted by Gasteiger charge is 2.14. The number of nitrogens with zero attached hydrogens (tertiary/aromatic N) is 4. The van der Waals surface area contributed by atoms with Gasteiger partial charge in [0.1, 0.15) is 17.2 Å². The molecule has 0 aliphatic rings. The highest BCUT2D eigenvalue weighted by Crippen LogP contribution is 2.25. The van der Waals surface area contributed by atoms with Gasteiger partial charge in [-0.1, -0.05) is 17.7 Å². The van der Waals surface area contributed by atoms with Gasteiger partial charge >= 0.3 is 0 Å². The van der Waals surface area contributed by atoms with Gasteiger partial charge in [-0.15, -0.1) is 10.2 Å². The minimum Gasteiger partial charge on any atom is -0.319 e. The molecular weight excluding hydrogens is 282 g/mol. The molecule has 1 unspecified atom stereocenters. The first-order valence-electron chi connectivity index (χ1n) is 5.99. The number of aryl methyl sites for hydroxylation is 1. The summed E-state index contributed by atoms with van der Waals surface area (Å²) < 4.78 is 1.82. The third-order valence-corrected chi connectivity index (χ3v) is 3.27. The molecule has 1 heterocycles. The minimum absolute atomic E-state index is 0.0164. The average molecular weight is 296 g/mol. The number of nitro benzene ring substituents is 1. The summed E-state index contributed by atoms with van der Waals surface area (Å²) in [5.74, 6) is 0.800. The Balaban J connectivity index is 2.06.